The Hall–Kier alpha value is 0.140. The molecule has 0 heterocycles. The maximum atomic E-state index is 6.13. The molecule has 0 bridgehead atoms. The molecule has 14 heavy (non-hydrogen) atoms. The molecule has 3 heteroatoms. The summed E-state index contributed by atoms with van der Waals surface area (Å²) >= 11 is 7.26. The molecule has 0 saturated carbocycles. The summed E-state index contributed by atoms with van der Waals surface area (Å²) in [7, 11) is 0. The second-order valence-electron chi connectivity index (χ2n) is 3.88. The van der Waals surface area contributed by atoms with E-state index in [0.717, 1.165) is 12.8 Å². The summed E-state index contributed by atoms with van der Waals surface area (Å²) in [6.07, 6.45) is 3.44. The van der Waals surface area contributed by atoms with Gasteiger partial charge in [-0.25, -0.2) is 0 Å². The zero-order valence-corrected chi connectivity index (χ0v) is 11.3. The molecule has 2 N–H and O–H groups in total. The van der Waals surface area contributed by atoms with Gasteiger partial charge in [0.15, 0.2) is 0 Å². The van der Waals surface area contributed by atoms with Gasteiger partial charge < -0.3 is 5.73 Å². The van der Waals surface area contributed by atoms with E-state index in [1.54, 1.807) is 0 Å². The standard InChI is InChI=1S/C11H13Br2N/c1-6-5-8(12)7-3-2-4-9(14)10(7)11(6)13/h5,9H,2-4,14H2,1H3/t9-/m0/s1. The molecule has 1 aliphatic carbocycles. The summed E-state index contributed by atoms with van der Waals surface area (Å²) in [5.41, 5.74) is 10.1. The Kier molecular flexibility index (Phi) is 3.01. The predicted octanol–water partition coefficient (Wildman–Crippen LogP) is 3.86. The van der Waals surface area contributed by atoms with Crippen LogP contribution in [0.4, 0.5) is 0 Å². The number of aryl methyl sites for hydroxylation is 1. The van der Waals surface area contributed by atoms with Gasteiger partial charge in [0.1, 0.15) is 0 Å². The zero-order chi connectivity index (χ0) is 10.3. The lowest BCUT2D eigenvalue weighted by molar-refractivity contribution is 0.566. The van der Waals surface area contributed by atoms with Crippen molar-refractivity contribution in [1.29, 1.82) is 0 Å². The minimum Gasteiger partial charge on any atom is -0.324 e. The molecule has 0 saturated heterocycles. The fourth-order valence-electron chi connectivity index (χ4n) is 2.10. The minimum atomic E-state index is 0.198. The van der Waals surface area contributed by atoms with Crippen LogP contribution in [0.1, 0.15) is 35.6 Å². The van der Waals surface area contributed by atoms with Gasteiger partial charge in [0, 0.05) is 15.0 Å². The van der Waals surface area contributed by atoms with Crippen LogP contribution in [-0.2, 0) is 6.42 Å². The van der Waals surface area contributed by atoms with Gasteiger partial charge >= 0.3 is 0 Å². The lowest BCUT2D eigenvalue weighted by Crippen LogP contribution is -2.18. The average Bonchev–Trinajstić information content (AvgIpc) is 2.14. The molecular weight excluding hydrogens is 306 g/mol. The van der Waals surface area contributed by atoms with Crippen LogP contribution in [-0.4, -0.2) is 0 Å². The van der Waals surface area contributed by atoms with Gasteiger partial charge in [0.2, 0.25) is 0 Å². The average molecular weight is 319 g/mol. The fourth-order valence-corrected chi connectivity index (χ4v) is 3.50. The van der Waals surface area contributed by atoms with Gasteiger partial charge in [-0.15, -0.1) is 0 Å². The van der Waals surface area contributed by atoms with Crippen molar-refractivity contribution >= 4 is 31.9 Å². The van der Waals surface area contributed by atoms with Crippen LogP contribution < -0.4 is 5.73 Å². The quantitative estimate of drug-likeness (QED) is 0.772. The highest BCUT2D eigenvalue weighted by Crippen LogP contribution is 2.39. The summed E-state index contributed by atoms with van der Waals surface area (Å²) in [4.78, 5) is 0. The molecule has 2 rings (SSSR count). The van der Waals surface area contributed by atoms with E-state index >= 15 is 0 Å². The molecule has 1 nitrogen and oxygen atoms in total. The van der Waals surface area contributed by atoms with Gasteiger partial charge in [-0.1, -0.05) is 31.9 Å². The number of rotatable bonds is 0. The second-order valence-corrected chi connectivity index (χ2v) is 5.53. The first-order valence-corrected chi connectivity index (χ1v) is 6.43. The molecule has 0 unspecified atom stereocenters. The number of fused-ring (bicyclic) bond motifs is 1. The van der Waals surface area contributed by atoms with Crippen molar-refractivity contribution in [3.63, 3.8) is 0 Å². The summed E-state index contributed by atoms with van der Waals surface area (Å²) in [5, 5.41) is 0. The Morgan fingerprint density at radius 1 is 1.43 bits per heavy atom. The monoisotopic (exact) mass is 317 g/mol. The molecule has 1 aromatic carbocycles. The third kappa shape index (κ3) is 1.66. The molecular formula is C11H13Br2N. The molecule has 1 atom stereocenters. The lowest BCUT2D eigenvalue weighted by Gasteiger charge is -2.25. The summed E-state index contributed by atoms with van der Waals surface area (Å²) in [6, 6.07) is 2.37. The molecule has 1 aliphatic rings. The Labute approximate surface area is 101 Å². The van der Waals surface area contributed by atoms with Crippen molar-refractivity contribution in [2.24, 2.45) is 5.73 Å². The van der Waals surface area contributed by atoms with Gasteiger partial charge in [-0.05, 0) is 48.9 Å². The molecule has 0 aromatic heterocycles. The molecule has 0 fully saturated rings. The molecule has 0 amide bonds. The summed E-state index contributed by atoms with van der Waals surface area (Å²) in [5.74, 6) is 0. The van der Waals surface area contributed by atoms with E-state index in [9.17, 15) is 0 Å². The van der Waals surface area contributed by atoms with Crippen molar-refractivity contribution < 1.29 is 0 Å². The first-order valence-electron chi connectivity index (χ1n) is 4.84. The van der Waals surface area contributed by atoms with E-state index in [1.165, 1.54) is 32.1 Å². The minimum absolute atomic E-state index is 0.198. The van der Waals surface area contributed by atoms with Crippen LogP contribution in [0.3, 0.4) is 0 Å². The van der Waals surface area contributed by atoms with E-state index in [-0.39, 0.29) is 6.04 Å². The highest BCUT2D eigenvalue weighted by atomic mass is 79.9. The predicted molar refractivity (Wildman–Crippen MR) is 66.4 cm³/mol. The Morgan fingerprint density at radius 2 is 2.14 bits per heavy atom. The molecule has 0 spiro atoms. The van der Waals surface area contributed by atoms with E-state index in [2.05, 4.69) is 44.8 Å². The van der Waals surface area contributed by atoms with E-state index in [0.29, 0.717) is 0 Å². The van der Waals surface area contributed by atoms with Crippen molar-refractivity contribution in [3.05, 3.63) is 31.7 Å². The van der Waals surface area contributed by atoms with Gasteiger partial charge in [0.25, 0.3) is 0 Å². The first kappa shape index (κ1) is 10.7. The number of halogens is 2. The Morgan fingerprint density at radius 3 is 2.86 bits per heavy atom. The molecule has 1 aromatic rings. The highest BCUT2D eigenvalue weighted by Gasteiger charge is 2.22. The normalized spacial score (nSPS) is 20.7. The Bertz CT molecular complexity index is 374. The third-order valence-electron chi connectivity index (χ3n) is 2.85. The molecule has 0 aliphatic heterocycles. The van der Waals surface area contributed by atoms with Gasteiger partial charge in [-0.2, -0.15) is 0 Å². The maximum Gasteiger partial charge on any atom is 0.0309 e. The van der Waals surface area contributed by atoms with Crippen LogP contribution in [0.15, 0.2) is 15.0 Å². The fraction of sp³-hybridized carbons (Fsp3) is 0.455. The zero-order valence-electron chi connectivity index (χ0n) is 8.11. The first-order chi connectivity index (χ1) is 6.61. The van der Waals surface area contributed by atoms with Gasteiger partial charge in [0.05, 0.1) is 0 Å². The largest absolute Gasteiger partial charge is 0.324 e. The molecule has 0 radical (unpaired) electrons. The number of benzene rings is 1. The van der Waals surface area contributed by atoms with E-state index < -0.39 is 0 Å². The van der Waals surface area contributed by atoms with Crippen LogP contribution >= 0.6 is 31.9 Å². The van der Waals surface area contributed by atoms with Crippen LogP contribution in [0.2, 0.25) is 0 Å². The highest BCUT2D eigenvalue weighted by molar-refractivity contribution is 9.11. The lowest BCUT2D eigenvalue weighted by atomic mass is 9.87. The van der Waals surface area contributed by atoms with E-state index in [1.807, 2.05) is 0 Å². The topological polar surface area (TPSA) is 26.0 Å². The van der Waals surface area contributed by atoms with Crippen LogP contribution in [0, 0.1) is 6.92 Å². The van der Waals surface area contributed by atoms with Crippen molar-refractivity contribution in [2.75, 3.05) is 0 Å². The number of hydrogen-bond acceptors (Lipinski definition) is 1. The second kappa shape index (κ2) is 3.95. The van der Waals surface area contributed by atoms with Crippen LogP contribution in [0.25, 0.3) is 0 Å². The SMILES string of the molecule is Cc1cc(Br)c2c(c1Br)[C@@H](N)CCC2. The van der Waals surface area contributed by atoms with E-state index in [4.69, 9.17) is 5.73 Å². The summed E-state index contributed by atoms with van der Waals surface area (Å²) in [6.45, 7) is 2.11. The number of hydrogen-bond donors (Lipinski definition) is 1. The van der Waals surface area contributed by atoms with Crippen molar-refractivity contribution in [3.8, 4) is 0 Å². The van der Waals surface area contributed by atoms with Gasteiger partial charge in [-0.3, -0.25) is 0 Å². The third-order valence-corrected chi connectivity index (χ3v) is 4.61. The van der Waals surface area contributed by atoms with Crippen molar-refractivity contribution in [2.45, 2.75) is 32.2 Å². The Balaban J connectivity index is 2.67. The maximum absolute atomic E-state index is 6.13. The molecule has 76 valence electrons. The number of nitrogens with two attached hydrogens (primary N) is 1. The summed E-state index contributed by atoms with van der Waals surface area (Å²) < 4.78 is 2.41. The smallest absolute Gasteiger partial charge is 0.0309 e. The van der Waals surface area contributed by atoms with Crippen molar-refractivity contribution in [1.82, 2.24) is 0 Å². The van der Waals surface area contributed by atoms with Crippen LogP contribution in [0.5, 0.6) is 0 Å².